The standard InChI is InChI=1S/C16H14N6O2/c1-20-15(24-2)19-22(16(20)23)12-5-6-14-11(8-12)10-21(18-14)13-4-3-7-17-9-13/h3-10H,1-2H3. The van der Waals surface area contributed by atoms with Crippen LogP contribution in [0.3, 0.4) is 0 Å². The van der Waals surface area contributed by atoms with Crippen LogP contribution in [-0.2, 0) is 7.05 Å². The minimum absolute atomic E-state index is 0.256. The Morgan fingerprint density at radius 1 is 1.12 bits per heavy atom. The first-order valence-corrected chi connectivity index (χ1v) is 7.27. The molecule has 0 radical (unpaired) electrons. The number of aromatic nitrogens is 6. The fourth-order valence-corrected chi connectivity index (χ4v) is 2.53. The molecule has 0 spiro atoms. The van der Waals surface area contributed by atoms with Crippen molar-refractivity contribution in [2.45, 2.75) is 0 Å². The Bertz CT molecular complexity index is 1080. The summed E-state index contributed by atoms with van der Waals surface area (Å²) in [6.45, 7) is 0. The molecule has 0 unspecified atom stereocenters. The van der Waals surface area contributed by atoms with Crippen LogP contribution >= 0.6 is 0 Å². The van der Waals surface area contributed by atoms with Crippen molar-refractivity contribution in [1.82, 2.24) is 29.1 Å². The fraction of sp³-hybridized carbons (Fsp3) is 0.125. The average molecular weight is 322 g/mol. The van der Waals surface area contributed by atoms with Gasteiger partial charge in [-0.25, -0.2) is 14.0 Å². The van der Waals surface area contributed by atoms with Gasteiger partial charge in [0.2, 0.25) is 0 Å². The molecule has 8 heteroatoms. The Morgan fingerprint density at radius 2 is 2.00 bits per heavy atom. The van der Waals surface area contributed by atoms with E-state index in [1.807, 2.05) is 30.5 Å². The van der Waals surface area contributed by atoms with Crippen molar-refractivity contribution < 1.29 is 4.74 Å². The number of hydrogen-bond donors (Lipinski definition) is 0. The largest absolute Gasteiger partial charge is 0.467 e. The van der Waals surface area contributed by atoms with Crippen LogP contribution in [0.5, 0.6) is 6.01 Å². The molecule has 0 amide bonds. The number of nitrogens with zero attached hydrogens (tertiary/aromatic N) is 6. The predicted molar refractivity (Wildman–Crippen MR) is 87.8 cm³/mol. The number of ether oxygens (including phenoxy) is 1. The number of fused-ring (bicyclic) bond motifs is 1. The molecule has 0 fully saturated rings. The Labute approximate surface area is 136 Å². The lowest BCUT2D eigenvalue weighted by Crippen LogP contribution is -2.21. The van der Waals surface area contributed by atoms with Crippen LogP contribution in [0.2, 0.25) is 0 Å². The first-order chi connectivity index (χ1) is 11.7. The average Bonchev–Trinajstić information content (AvgIpc) is 3.17. The highest BCUT2D eigenvalue weighted by Gasteiger charge is 2.13. The maximum atomic E-state index is 12.3. The van der Waals surface area contributed by atoms with Crippen LogP contribution in [0.15, 0.2) is 53.7 Å². The summed E-state index contributed by atoms with van der Waals surface area (Å²) in [4.78, 5) is 16.4. The molecule has 0 saturated heterocycles. The zero-order valence-electron chi connectivity index (χ0n) is 13.1. The summed E-state index contributed by atoms with van der Waals surface area (Å²) in [7, 11) is 3.09. The van der Waals surface area contributed by atoms with E-state index < -0.39 is 0 Å². The van der Waals surface area contributed by atoms with E-state index in [0.29, 0.717) is 5.69 Å². The van der Waals surface area contributed by atoms with Crippen LogP contribution in [0, 0.1) is 0 Å². The Morgan fingerprint density at radius 3 is 2.71 bits per heavy atom. The van der Waals surface area contributed by atoms with Crippen molar-refractivity contribution >= 4 is 10.9 Å². The summed E-state index contributed by atoms with van der Waals surface area (Å²) in [6.07, 6.45) is 5.34. The normalized spacial score (nSPS) is 11.1. The zero-order valence-corrected chi connectivity index (χ0v) is 13.1. The molecule has 120 valence electrons. The summed E-state index contributed by atoms with van der Waals surface area (Å²) in [5.74, 6) is 0. The van der Waals surface area contributed by atoms with Crippen LogP contribution < -0.4 is 10.4 Å². The Balaban J connectivity index is 1.83. The van der Waals surface area contributed by atoms with Crippen LogP contribution in [0.25, 0.3) is 22.3 Å². The molecule has 0 bridgehead atoms. The van der Waals surface area contributed by atoms with Gasteiger partial charge in [-0.15, -0.1) is 5.10 Å². The molecule has 0 aliphatic carbocycles. The lowest BCUT2D eigenvalue weighted by Gasteiger charge is -1.98. The Kier molecular flexibility index (Phi) is 3.16. The van der Waals surface area contributed by atoms with E-state index in [-0.39, 0.29) is 11.7 Å². The molecular weight excluding hydrogens is 308 g/mol. The molecule has 0 aliphatic rings. The molecule has 0 N–H and O–H groups in total. The number of hydrogen-bond acceptors (Lipinski definition) is 5. The van der Waals surface area contributed by atoms with Crippen molar-refractivity contribution in [3.8, 4) is 17.4 Å². The van der Waals surface area contributed by atoms with E-state index in [9.17, 15) is 4.79 Å². The number of pyridine rings is 1. The molecule has 0 saturated carbocycles. The first kappa shape index (κ1) is 14.2. The van der Waals surface area contributed by atoms with Gasteiger partial charge in [-0.2, -0.15) is 9.78 Å². The monoisotopic (exact) mass is 322 g/mol. The molecule has 4 aromatic rings. The van der Waals surface area contributed by atoms with E-state index in [2.05, 4.69) is 15.2 Å². The van der Waals surface area contributed by atoms with Gasteiger partial charge in [0.1, 0.15) is 0 Å². The van der Waals surface area contributed by atoms with Crippen molar-refractivity contribution in [1.29, 1.82) is 0 Å². The molecular formula is C16H14N6O2. The van der Waals surface area contributed by atoms with Crippen LogP contribution in [0.4, 0.5) is 0 Å². The van der Waals surface area contributed by atoms with E-state index in [0.717, 1.165) is 16.6 Å². The van der Waals surface area contributed by atoms with E-state index in [1.54, 1.807) is 30.2 Å². The number of methoxy groups -OCH3 is 1. The number of rotatable bonds is 3. The molecule has 24 heavy (non-hydrogen) atoms. The third kappa shape index (κ3) is 2.16. The lowest BCUT2D eigenvalue weighted by atomic mass is 10.2. The quantitative estimate of drug-likeness (QED) is 0.568. The van der Waals surface area contributed by atoms with Gasteiger partial charge in [0.05, 0.1) is 30.2 Å². The number of benzene rings is 1. The first-order valence-electron chi connectivity index (χ1n) is 7.27. The highest BCUT2D eigenvalue weighted by molar-refractivity contribution is 5.80. The van der Waals surface area contributed by atoms with Gasteiger partial charge in [0.15, 0.2) is 0 Å². The topological polar surface area (TPSA) is 79.8 Å². The van der Waals surface area contributed by atoms with E-state index in [1.165, 1.54) is 16.4 Å². The van der Waals surface area contributed by atoms with Crippen LogP contribution in [0.1, 0.15) is 0 Å². The maximum Gasteiger partial charge on any atom is 0.353 e. The van der Waals surface area contributed by atoms with Gasteiger partial charge < -0.3 is 4.74 Å². The second kappa shape index (κ2) is 5.34. The second-order valence-corrected chi connectivity index (χ2v) is 5.27. The van der Waals surface area contributed by atoms with Gasteiger partial charge in [0.25, 0.3) is 0 Å². The highest BCUT2D eigenvalue weighted by Crippen LogP contribution is 2.19. The van der Waals surface area contributed by atoms with Crippen molar-refractivity contribution in [3.63, 3.8) is 0 Å². The summed E-state index contributed by atoms with van der Waals surface area (Å²) < 4.78 is 9.49. The molecule has 4 rings (SSSR count). The predicted octanol–water partition coefficient (Wildman–Crippen LogP) is 1.31. The van der Waals surface area contributed by atoms with Crippen molar-refractivity contribution in [3.05, 3.63) is 59.4 Å². The third-order valence-electron chi connectivity index (χ3n) is 3.77. The lowest BCUT2D eigenvalue weighted by molar-refractivity contribution is 0.362. The smallest absolute Gasteiger partial charge is 0.353 e. The molecule has 1 aromatic carbocycles. The molecule has 3 heterocycles. The molecule has 0 aliphatic heterocycles. The highest BCUT2D eigenvalue weighted by atomic mass is 16.5. The minimum Gasteiger partial charge on any atom is -0.467 e. The zero-order chi connectivity index (χ0) is 16.7. The second-order valence-electron chi connectivity index (χ2n) is 5.27. The third-order valence-corrected chi connectivity index (χ3v) is 3.77. The summed E-state index contributed by atoms with van der Waals surface area (Å²) in [5.41, 5.74) is 2.06. The minimum atomic E-state index is -0.272. The van der Waals surface area contributed by atoms with Crippen molar-refractivity contribution in [2.75, 3.05) is 7.11 Å². The van der Waals surface area contributed by atoms with Gasteiger partial charge in [-0.1, -0.05) is 0 Å². The van der Waals surface area contributed by atoms with E-state index >= 15 is 0 Å². The van der Waals surface area contributed by atoms with Gasteiger partial charge in [-0.05, 0) is 30.3 Å². The van der Waals surface area contributed by atoms with E-state index in [4.69, 9.17) is 4.74 Å². The Hall–Kier alpha value is -3.42. The summed E-state index contributed by atoms with van der Waals surface area (Å²) >= 11 is 0. The van der Waals surface area contributed by atoms with Gasteiger partial charge in [-0.3, -0.25) is 4.98 Å². The molecule has 8 nitrogen and oxygen atoms in total. The molecule has 0 atom stereocenters. The summed E-state index contributed by atoms with van der Waals surface area (Å²) in [6, 6.07) is 9.55. The SMILES string of the molecule is COc1nn(-c2ccc3nn(-c4cccnc4)cc3c2)c(=O)n1C. The maximum absolute atomic E-state index is 12.3. The fourth-order valence-electron chi connectivity index (χ4n) is 2.53. The van der Waals surface area contributed by atoms with Crippen molar-refractivity contribution in [2.24, 2.45) is 7.05 Å². The van der Waals surface area contributed by atoms with Gasteiger partial charge >= 0.3 is 11.7 Å². The molecule has 3 aromatic heterocycles. The van der Waals surface area contributed by atoms with Crippen LogP contribution in [-0.4, -0.2) is 36.2 Å². The summed E-state index contributed by atoms with van der Waals surface area (Å²) in [5, 5.41) is 9.59. The van der Waals surface area contributed by atoms with Gasteiger partial charge in [0, 0.05) is 24.8 Å².